The first-order chi connectivity index (χ1) is 20.6. The first kappa shape index (κ1) is 38.9. The van der Waals surface area contributed by atoms with E-state index in [1.54, 1.807) is 0 Å². The Bertz CT molecular complexity index is 1150. The smallest absolute Gasteiger partial charge is 0.409 e. The minimum absolute atomic E-state index is 0. The molecule has 0 saturated carbocycles. The van der Waals surface area contributed by atoms with E-state index in [4.69, 9.17) is 22.9 Å². The van der Waals surface area contributed by atoms with Gasteiger partial charge < -0.3 is 23.0 Å². The number of carbonyl (C=O) groups is 2. The molecule has 0 N–H and O–H groups in total. The molecule has 0 bridgehead atoms. The zero-order valence-electron chi connectivity index (χ0n) is 23.5. The van der Waals surface area contributed by atoms with Crippen molar-refractivity contribution in [2.45, 2.75) is 12.8 Å². The van der Waals surface area contributed by atoms with Crippen molar-refractivity contribution in [3.63, 3.8) is 0 Å². The number of benzene rings is 3. The fourth-order valence-corrected chi connectivity index (χ4v) is 4.50. The summed E-state index contributed by atoms with van der Waals surface area (Å²) in [5, 5.41) is 0. The third kappa shape index (κ3) is 15.1. The van der Waals surface area contributed by atoms with Gasteiger partial charge in [0.05, 0.1) is 14.2 Å². The predicted octanol–water partition coefficient (Wildman–Crippen LogP) is 6.84. The van der Waals surface area contributed by atoms with Crippen molar-refractivity contribution in [1.82, 2.24) is 0 Å². The number of carbonyl (C=O) groups excluding carboxylic acids is 2. The molecule has 3 aromatic carbocycles. The van der Waals surface area contributed by atoms with Crippen molar-refractivity contribution in [3.05, 3.63) is 129 Å². The molecule has 0 radical (unpaired) electrons. The van der Waals surface area contributed by atoms with Crippen LogP contribution in [-0.4, -0.2) is 26.2 Å². The van der Waals surface area contributed by atoms with E-state index in [9.17, 15) is 9.59 Å². The number of methoxy groups -OCH3 is 2. The van der Waals surface area contributed by atoms with Gasteiger partial charge in [0.15, 0.2) is 5.92 Å². The van der Waals surface area contributed by atoms with E-state index in [2.05, 4.69) is 22.8 Å². The average Bonchev–Trinajstić information content (AvgIpc) is 3.34. The maximum atomic E-state index is 11.5. The van der Waals surface area contributed by atoms with Crippen LogP contribution >= 0.6 is 8.60 Å². The Morgan fingerprint density at radius 1 is 0.698 bits per heavy atom. The van der Waals surface area contributed by atoms with Gasteiger partial charge in [-0.1, -0.05) is 78.9 Å². The Hall–Kier alpha value is -4.09. The third-order valence-electron chi connectivity index (χ3n) is 5.38. The van der Waals surface area contributed by atoms with Crippen LogP contribution in [0.15, 0.2) is 115 Å². The standard InChI is InChI=1S/C18H15O3P.C12H16O4.2CO.Fe/c1-4-10-16(11-5-1)19-22(20-17-12-6-2-7-13-17)21-18-14-8-3-9-15-18;1-15-11(13)10(12(14)16-2)9-7-5-3-4-6-8-9;2*1-2;/h1-15H;3-5,7,9-10H,6,8H2,1-2H3;;;/t;9-;;;/m.0.../s1. The second-order valence-corrected chi connectivity index (χ2v) is 9.01. The van der Waals surface area contributed by atoms with E-state index in [1.807, 2.05) is 115 Å². The van der Waals surface area contributed by atoms with Crippen molar-refractivity contribution < 1.29 is 59.0 Å². The van der Waals surface area contributed by atoms with E-state index >= 15 is 0 Å². The van der Waals surface area contributed by atoms with Gasteiger partial charge >= 0.3 is 43.1 Å². The first-order valence-corrected chi connectivity index (χ1v) is 13.6. The van der Waals surface area contributed by atoms with Crippen molar-refractivity contribution in [1.29, 1.82) is 0 Å². The van der Waals surface area contributed by atoms with E-state index in [0.29, 0.717) is 17.2 Å². The minimum Gasteiger partial charge on any atom is -0.409 e. The zero-order valence-corrected chi connectivity index (χ0v) is 25.5. The minimum atomic E-state index is -1.59. The summed E-state index contributed by atoms with van der Waals surface area (Å²) in [6, 6.07) is 28.5. The van der Waals surface area contributed by atoms with Crippen LogP contribution in [0, 0.1) is 25.1 Å². The number of para-hydroxylation sites is 3. The average molecular weight is 646 g/mol. The number of allylic oxidation sites excluding steroid dienone is 4. The van der Waals surface area contributed by atoms with Crippen LogP contribution in [0.2, 0.25) is 0 Å². The number of hydrogen-bond acceptors (Lipinski definition) is 7. The topological polar surface area (TPSA) is 120 Å². The molecular formula is C32H31FeO9P. The summed E-state index contributed by atoms with van der Waals surface area (Å²) in [4.78, 5) is 23.1. The SMILES string of the molecule is COC(=O)C(C(=O)OC)[C@H]1C=CC=CCC1.[C-]#[O+].[C-]#[O+].[Fe].c1ccc(OP(Oc2ccccc2)Oc2ccccc2)cc1. The van der Waals surface area contributed by atoms with Crippen molar-refractivity contribution in [2.24, 2.45) is 11.8 Å². The largest absolute Gasteiger partial charge is 0.530 e. The first-order valence-electron chi connectivity index (χ1n) is 12.5. The number of rotatable bonds is 9. The molecule has 0 spiro atoms. The van der Waals surface area contributed by atoms with Crippen molar-refractivity contribution in [2.75, 3.05) is 14.2 Å². The van der Waals surface area contributed by atoms with Gasteiger partial charge in [-0.15, -0.1) is 0 Å². The quantitative estimate of drug-likeness (QED) is 0.0623. The van der Waals surface area contributed by atoms with Crippen LogP contribution < -0.4 is 13.6 Å². The number of hydrogen-bond donors (Lipinski definition) is 0. The van der Waals surface area contributed by atoms with Gasteiger partial charge in [0.2, 0.25) is 0 Å². The number of esters is 2. The van der Waals surface area contributed by atoms with Gasteiger partial charge in [-0.2, -0.15) is 0 Å². The molecule has 1 aliphatic rings. The summed E-state index contributed by atoms with van der Waals surface area (Å²) >= 11 is 0. The molecule has 0 aromatic heterocycles. The van der Waals surface area contributed by atoms with Gasteiger partial charge in [0.1, 0.15) is 17.2 Å². The monoisotopic (exact) mass is 646 g/mol. The molecule has 0 fully saturated rings. The second kappa shape index (κ2) is 24.5. The Labute approximate surface area is 263 Å². The maximum Gasteiger partial charge on any atom is 0.530 e. The van der Waals surface area contributed by atoms with Crippen LogP contribution in [0.4, 0.5) is 0 Å². The molecule has 0 aliphatic heterocycles. The molecule has 0 amide bonds. The molecule has 4 rings (SSSR count). The molecule has 11 heteroatoms. The Morgan fingerprint density at radius 3 is 1.42 bits per heavy atom. The van der Waals surface area contributed by atoms with Gasteiger partial charge in [-0.25, -0.2) is 0 Å². The van der Waals surface area contributed by atoms with Crippen LogP contribution in [0.3, 0.4) is 0 Å². The fourth-order valence-electron chi connectivity index (χ4n) is 3.50. The molecule has 0 unspecified atom stereocenters. The summed E-state index contributed by atoms with van der Waals surface area (Å²) in [5.74, 6) is 0.0364. The summed E-state index contributed by atoms with van der Waals surface area (Å²) < 4.78 is 41.8. The summed E-state index contributed by atoms with van der Waals surface area (Å²) in [6.45, 7) is 9.00. The van der Waals surface area contributed by atoms with Crippen LogP contribution in [0.5, 0.6) is 17.2 Å². The Balaban J connectivity index is 0.000000749. The summed E-state index contributed by atoms with van der Waals surface area (Å²) in [7, 11) is 0.960. The summed E-state index contributed by atoms with van der Waals surface area (Å²) in [5.41, 5.74) is 0. The Kier molecular flexibility index (Phi) is 22.2. The normalized spacial score (nSPS) is 12.5. The molecule has 1 atom stereocenters. The van der Waals surface area contributed by atoms with Gasteiger partial charge in [-0.05, 0) is 49.2 Å². The molecule has 43 heavy (non-hydrogen) atoms. The molecule has 0 heterocycles. The third-order valence-corrected chi connectivity index (χ3v) is 6.46. The van der Waals surface area contributed by atoms with Crippen LogP contribution in [-0.2, 0) is 45.4 Å². The van der Waals surface area contributed by atoms with Gasteiger partial charge in [0.25, 0.3) is 0 Å². The molecule has 9 nitrogen and oxygen atoms in total. The van der Waals surface area contributed by atoms with E-state index in [0.717, 1.165) is 12.8 Å². The van der Waals surface area contributed by atoms with Crippen LogP contribution in [0.1, 0.15) is 12.8 Å². The van der Waals surface area contributed by atoms with E-state index in [1.165, 1.54) is 14.2 Å². The molecule has 0 saturated heterocycles. The van der Waals surface area contributed by atoms with E-state index in [-0.39, 0.29) is 23.0 Å². The molecule has 1 aliphatic carbocycles. The van der Waals surface area contributed by atoms with Gasteiger partial charge in [-0.3, -0.25) is 9.59 Å². The van der Waals surface area contributed by atoms with E-state index < -0.39 is 26.5 Å². The molecule has 3 aromatic rings. The summed E-state index contributed by atoms with van der Waals surface area (Å²) in [6.07, 6.45) is 9.18. The zero-order chi connectivity index (χ0) is 31.0. The van der Waals surface area contributed by atoms with Gasteiger partial charge in [0, 0.05) is 23.0 Å². The van der Waals surface area contributed by atoms with Crippen molar-refractivity contribution >= 4 is 20.5 Å². The molecule has 226 valence electrons. The molecular weight excluding hydrogens is 615 g/mol. The fraction of sp³-hybridized carbons (Fsp3) is 0.188. The van der Waals surface area contributed by atoms with Crippen molar-refractivity contribution in [3.8, 4) is 17.2 Å². The Morgan fingerprint density at radius 2 is 1.07 bits per heavy atom. The second-order valence-electron chi connectivity index (χ2n) is 8.01. The number of ether oxygens (including phenoxy) is 2. The van der Waals surface area contributed by atoms with Crippen LogP contribution in [0.25, 0.3) is 0 Å². The predicted molar refractivity (Wildman–Crippen MR) is 155 cm³/mol. The maximum absolute atomic E-state index is 11.5.